The molecule has 1 N–H and O–H groups in total. The molecule has 0 aliphatic heterocycles. The summed E-state index contributed by atoms with van der Waals surface area (Å²) in [6.45, 7) is 3.68. The van der Waals surface area contributed by atoms with Crippen LogP contribution in [0.2, 0.25) is 0 Å². The molecule has 0 fully saturated rings. The first-order valence-electron chi connectivity index (χ1n) is 5.66. The Morgan fingerprint density at radius 2 is 2.06 bits per heavy atom. The van der Waals surface area contributed by atoms with Gasteiger partial charge in [-0.1, -0.05) is 30.3 Å². The zero-order valence-electron chi connectivity index (χ0n) is 10.3. The van der Waals surface area contributed by atoms with E-state index in [1.54, 1.807) is 13.8 Å². The molecule has 0 saturated heterocycles. The van der Waals surface area contributed by atoms with E-state index in [1.807, 2.05) is 30.3 Å². The number of benzene rings is 1. The highest BCUT2D eigenvalue weighted by molar-refractivity contribution is 5.87. The van der Waals surface area contributed by atoms with E-state index < -0.39 is 5.97 Å². The maximum atomic E-state index is 11.6. The van der Waals surface area contributed by atoms with Crippen molar-refractivity contribution in [2.24, 2.45) is 0 Å². The SMILES string of the molecule is CCOC(=O)c1nc(C)c(-c2ccccc2)n1O. The van der Waals surface area contributed by atoms with Crippen LogP contribution in [0.25, 0.3) is 11.3 Å². The van der Waals surface area contributed by atoms with Crippen LogP contribution < -0.4 is 0 Å². The van der Waals surface area contributed by atoms with Crippen molar-refractivity contribution in [2.45, 2.75) is 13.8 Å². The second kappa shape index (κ2) is 4.91. The molecule has 94 valence electrons. The van der Waals surface area contributed by atoms with Crippen molar-refractivity contribution in [1.29, 1.82) is 0 Å². The van der Waals surface area contributed by atoms with Crippen LogP contribution in [0.3, 0.4) is 0 Å². The van der Waals surface area contributed by atoms with Crippen molar-refractivity contribution in [2.75, 3.05) is 6.61 Å². The van der Waals surface area contributed by atoms with E-state index >= 15 is 0 Å². The van der Waals surface area contributed by atoms with E-state index in [-0.39, 0.29) is 12.4 Å². The standard InChI is InChI=1S/C13H14N2O3/c1-3-18-13(16)12-14-9(2)11(15(12)17)10-7-5-4-6-8-10/h4-8,17H,3H2,1-2H3. The van der Waals surface area contributed by atoms with Crippen LogP contribution in [-0.4, -0.2) is 27.5 Å². The Labute approximate surface area is 105 Å². The summed E-state index contributed by atoms with van der Waals surface area (Å²) in [6.07, 6.45) is 0. The Morgan fingerprint density at radius 1 is 1.39 bits per heavy atom. The number of carbonyl (C=O) groups excluding carboxylic acids is 1. The summed E-state index contributed by atoms with van der Waals surface area (Å²) in [7, 11) is 0. The number of imidazole rings is 1. The van der Waals surface area contributed by atoms with Crippen LogP contribution in [0, 0.1) is 6.92 Å². The fourth-order valence-corrected chi connectivity index (χ4v) is 1.77. The Balaban J connectivity index is 2.48. The number of aryl methyl sites for hydroxylation is 1. The maximum absolute atomic E-state index is 11.6. The van der Waals surface area contributed by atoms with Gasteiger partial charge in [-0.05, 0) is 13.8 Å². The van der Waals surface area contributed by atoms with Gasteiger partial charge in [-0.3, -0.25) is 0 Å². The lowest BCUT2D eigenvalue weighted by atomic mass is 10.1. The molecule has 2 aromatic rings. The quantitative estimate of drug-likeness (QED) is 0.666. The Morgan fingerprint density at radius 3 is 2.67 bits per heavy atom. The van der Waals surface area contributed by atoms with Crippen molar-refractivity contribution in [3.05, 3.63) is 41.9 Å². The van der Waals surface area contributed by atoms with Crippen molar-refractivity contribution in [3.63, 3.8) is 0 Å². The predicted molar refractivity (Wildman–Crippen MR) is 65.5 cm³/mol. The highest BCUT2D eigenvalue weighted by Crippen LogP contribution is 2.23. The first-order valence-corrected chi connectivity index (χ1v) is 5.66. The second-order valence-electron chi connectivity index (χ2n) is 3.77. The number of rotatable bonds is 3. The fourth-order valence-electron chi connectivity index (χ4n) is 1.77. The average molecular weight is 246 g/mol. The molecule has 1 heterocycles. The smallest absolute Gasteiger partial charge is 0.377 e. The maximum Gasteiger partial charge on any atom is 0.377 e. The number of carbonyl (C=O) groups is 1. The number of hydrogen-bond acceptors (Lipinski definition) is 4. The molecule has 0 aliphatic carbocycles. The van der Waals surface area contributed by atoms with Gasteiger partial charge in [0, 0.05) is 5.56 Å². The lowest BCUT2D eigenvalue weighted by Crippen LogP contribution is -2.12. The van der Waals surface area contributed by atoms with Gasteiger partial charge in [0.2, 0.25) is 0 Å². The topological polar surface area (TPSA) is 64.3 Å². The number of aromatic nitrogens is 2. The molecule has 0 radical (unpaired) electrons. The van der Waals surface area contributed by atoms with Crippen LogP contribution >= 0.6 is 0 Å². The molecule has 2 rings (SSSR count). The molecule has 0 atom stereocenters. The van der Waals surface area contributed by atoms with Crippen molar-refractivity contribution in [3.8, 4) is 11.3 Å². The second-order valence-corrected chi connectivity index (χ2v) is 3.77. The molecule has 0 saturated carbocycles. The highest BCUT2D eigenvalue weighted by atomic mass is 16.5. The van der Waals surface area contributed by atoms with E-state index in [0.29, 0.717) is 11.4 Å². The molecular formula is C13H14N2O3. The Kier molecular flexibility index (Phi) is 3.32. The van der Waals surface area contributed by atoms with Crippen molar-refractivity contribution >= 4 is 5.97 Å². The number of esters is 1. The van der Waals surface area contributed by atoms with Gasteiger partial charge in [-0.2, -0.15) is 4.73 Å². The lowest BCUT2D eigenvalue weighted by Gasteiger charge is -2.04. The Bertz CT molecular complexity index is 561. The molecular weight excluding hydrogens is 232 g/mol. The third kappa shape index (κ3) is 2.07. The van der Waals surface area contributed by atoms with Gasteiger partial charge < -0.3 is 9.94 Å². The predicted octanol–water partition coefficient (Wildman–Crippen LogP) is 2.27. The normalized spacial score (nSPS) is 10.3. The molecule has 0 aliphatic rings. The van der Waals surface area contributed by atoms with Crippen molar-refractivity contribution in [1.82, 2.24) is 9.71 Å². The average Bonchev–Trinajstić information content (AvgIpc) is 2.66. The van der Waals surface area contributed by atoms with E-state index in [4.69, 9.17) is 4.74 Å². The van der Waals surface area contributed by atoms with E-state index in [9.17, 15) is 10.0 Å². The van der Waals surface area contributed by atoms with Crippen LogP contribution in [0.15, 0.2) is 30.3 Å². The van der Waals surface area contributed by atoms with Gasteiger partial charge in [-0.15, -0.1) is 0 Å². The van der Waals surface area contributed by atoms with Crippen LogP contribution in [0.5, 0.6) is 0 Å². The van der Waals surface area contributed by atoms with Crippen molar-refractivity contribution < 1.29 is 14.7 Å². The van der Waals surface area contributed by atoms with Gasteiger partial charge in [0.1, 0.15) is 5.69 Å². The molecule has 0 bridgehead atoms. The summed E-state index contributed by atoms with van der Waals surface area (Å²) in [4.78, 5) is 15.6. The van der Waals surface area contributed by atoms with Gasteiger partial charge in [0.25, 0.3) is 5.82 Å². The zero-order valence-corrected chi connectivity index (χ0v) is 10.3. The molecule has 0 spiro atoms. The fraction of sp³-hybridized carbons (Fsp3) is 0.231. The lowest BCUT2D eigenvalue weighted by molar-refractivity contribution is 0.0467. The van der Waals surface area contributed by atoms with Crippen LogP contribution in [-0.2, 0) is 4.74 Å². The summed E-state index contributed by atoms with van der Waals surface area (Å²) in [5.74, 6) is -0.738. The summed E-state index contributed by atoms with van der Waals surface area (Å²) in [6, 6.07) is 9.26. The number of hydrogen-bond donors (Lipinski definition) is 1. The third-order valence-electron chi connectivity index (χ3n) is 2.53. The monoisotopic (exact) mass is 246 g/mol. The third-order valence-corrected chi connectivity index (χ3v) is 2.53. The van der Waals surface area contributed by atoms with E-state index in [2.05, 4.69) is 4.98 Å². The molecule has 1 aromatic heterocycles. The molecule has 1 aromatic carbocycles. The molecule has 0 unspecified atom stereocenters. The molecule has 0 amide bonds. The van der Waals surface area contributed by atoms with Gasteiger partial charge in [-0.25, -0.2) is 9.78 Å². The number of ether oxygens (including phenoxy) is 1. The first kappa shape index (κ1) is 12.2. The summed E-state index contributed by atoms with van der Waals surface area (Å²) >= 11 is 0. The van der Waals surface area contributed by atoms with E-state index in [1.165, 1.54) is 0 Å². The summed E-state index contributed by atoms with van der Waals surface area (Å²) in [5, 5.41) is 10.0. The first-order chi connectivity index (χ1) is 8.65. The minimum Gasteiger partial charge on any atom is -0.460 e. The van der Waals surface area contributed by atoms with E-state index in [0.717, 1.165) is 10.3 Å². The van der Waals surface area contributed by atoms with Crippen LogP contribution in [0.4, 0.5) is 0 Å². The molecule has 18 heavy (non-hydrogen) atoms. The van der Waals surface area contributed by atoms with Gasteiger partial charge in [0.15, 0.2) is 0 Å². The minimum atomic E-state index is -0.634. The minimum absolute atomic E-state index is 0.104. The van der Waals surface area contributed by atoms with Crippen LogP contribution in [0.1, 0.15) is 23.2 Å². The Hall–Kier alpha value is -2.30. The molecule has 5 heteroatoms. The number of nitrogens with zero attached hydrogens (tertiary/aromatic N) is 2. The highest BCUT2D eigenvalue weighted by Gasteiger charge is 2.21. The van der Waals surface area contributed by atoms with Gasteiger partial charge in [0.05, 0.1) is 12.3 Å². The molecule has 5 nitrogen and oxygen atoms in total. The zero-order chi connectivity index (χ0) is 13.1. The summed E-state index contributed by atoms with van der Waals surface area (Å²) < 4.78 is 5.61. The van der Waals surface area contributed by atoms with Gasteiger partial charge >= 0.3 is 5.97 Å². The largest absolute Gasteiger partial charge is 0.460 e. The summed E-state index contributed by atoms with van der Waals surface area (Å²) in [5.41, 5.74) is 1.87.